The minimum atomic E-state index is -4.81. The molecule has 0 bridgehead atoms. The Hall–Kier alpha value is -1.32. The topological polar surface area (TPSA) is 17.1 Å². The average Bonchev–Trinajstić information content (AvgIpc) is 2.09. The summed E-state index contributed by atoms with van der Waals surface area (Å²) in [6.45, 7) is 3.20. The molecule has 0 spiro atoms. The molecule has 1 nitrogen and oxygen atoms in total. The van der Waals surface area contributed by atoms with Crippen LogP contribution in [0.4, 0.5) is 13.2 Å². The Labute approximate surface area is 80.6 Å². The number of hydrogen-bond acceptors (Lipinski definition) is 1. The number of carbonyl (C=O) groups is 1. The Kier molecular flexibility index (Phi) is 4.91. The molecule has 0 unspecified atom stereocenters. The first-order chi connectivity index (χ1) is 6.43. The van der Waals surface area contributed by atoms with E-state index in [0.29, 0.717) is 0 Å². The molecule has 78 valence electrons. The van der Waals surface area contributed by atoms with E-state index in [0.717, 1.165) is 12.2 Å². The van der Waals surface area contributed by atoms with Crippen molar-refractivity contribution >= 4 is 5.78 Å². The van der Waals surface area contributed by atoms with Gasteiger partial charge in [0.25, 0.3) is 5.78 Å². The van der Waals surface area contributed by atoms with Crippen LogP contribution in [-0.2, 0) is 4.79 Å². The first kappa shape index (κ1) is 12.7. The van der Waals surface area contributed by atoms with Gasteiger partial charge in [0, 0.05) is 5.57 Å². The minimum Gasteiger partial charge on any atom is -0.284 e. The maximum atomic E-state index is 12.0. The van der Waals surface area contributed by atoms with Crippen molar-refractivity contribution in [1.29, 1.82) is 0 Å². The van der Waals surface area contributed by atoms with E-state index in [4.69, 9.17) is 0 Å². The van der Waals surface area contributed by atoms with Crippen LogP contribution in [-0.4, -0.2) is 12.0 Å². The fourth-order valence-corrected chi connectivity index (χ4v) is 0.750. The highest BCUT2D eigenvalue weighted by Gasteiger charge is 2.39. The fraction of sp³-hybridized carbons (Fsp3) is 0.300. The lowest BCUT2D eigenvalue weighted by Gasteiger charge is -2.04. The van der Waals surface area contributed by atoms with Crippen LogP contribution >= 0.6 is 0 Å². The number of hydrogen-bond donors (Lipinski definition) is 0. The molecule has 0 saturated heterocycles. The van der Waals surface area contributed by atoms with Gasteiger partial charge in [-0.25, -0.2) is 0 Å². The summed E-state index contributed by atoms with van der Waals surface area (Å²) < 4.78 is 36.0. The van der Waals surface area contributed by atoms with E-state index in [1.54, 1.807) is 19.9 Å². The number of ketones is 1. The summed E-state index contributed by atoms with van der Waals surface area (Å²) in [6.07, 6.45) is 1.78. The molecule has 0 aromatic rings. The Bertz CT molecular complexity index is 282. The van der Waals surface area contributed by atoms with E-state index in [9.17, 15) is 18.0 Å². The van der Waals surface area contributed by atoms with E-state index in [-0.39, 0.29) is 5.57 Å². The molecular formula is C10H11F3O. The second-order valence-corrected chi connectivity index (χ2v) is 2.47. The van der Waals surface area contributed by atoms with E-state index < -0.39 is 12.0 Å². The zero-order valence-corrected chi connectivity index (χ0v) is 7.93. The first-order valence-electron chi connectivity index (χ1n) is 4.00. The molecule has 0 rings (SSSR count). The van der Waals surface area contributed by atoms with Crippen molar-refractivity contribution in [1.82, 2.24) is 0 Å². The summed E-state index contributed by atoms with van der Waals surface area (Å²) in [6, 6.07) is 0. The monoisotopic (exact) mass is 204 g/mol. The van der Waals surface area contributed by atoms with Crippen molar-refractivity contribution < 1.29 is 18.0 Å². The molecule has 0 aliphatic carbocycles. The van der Waals surface area contributed by atoms with E-state index in [2.05, 4.69) is 0 Å². The number of alkyl halides is 3. The standard InChI is InChI=1S/C10H11F3O/c1-3-5-7-8(6-4-2)9(14)10(11,12)13/h3-7H,1-2H3/b5-3-,6-4-,8-7+. The lowest BCUT2D eigenvalue weighted by Crippen LogP contribution is -2.23. The van der Waals surface area contributed by atoms with Gasteiger partial charge in [0.05, 0.1) is 0 Å². The zero-order chi connectivity index (χ0) is 11.2. The zero-order valence-electron chi connectivity index (χ0n) is 7.93. The molecule has 0 saturated carbocycles. The summed E-state index contributed by atoms with van der Waals surface area (Å²) in [5, 5.41) is 0. The van der Waals surface area contributed by atoms with Crippen molar-refractivity contribution in [2.24, 2.45) is 0 Å². The molecule has 0 amide bonds. The average molecular weight is 204 g/mol. The fourth-order valence-electron chi connectivity index (χ4n) is 0.750. The van der Waals surface area contributed by atoms with Crippen molar-refractivity contribution in [2.45, 2.75) is 20.0 Å². The van der Waals surface area contributed by atoms with Gasteiger partial charge in [0.1, 0.15) is 0 Å². The number of allylic oxidation sites excluding steroid dienone is 6. The van der Waals surface area contributed by atoms with Crippen LogP contribution in [0.5, 0.6) is 0 Å². The molecule has 0 atom stereocenters. The van der Waals surface area contributed by atoms with Crippen molar-refractivity contribution in [3.63, 3.8) is 0 Å². The summed E-state index contributed by atoms with van der Waals surface area (Å²) in [5.74, 6) is -1.83. The number of carbonyl (C=O) groups excluding carboxylic acids is 1. The van der Waals surface area contributed by atoms with Crippen LogP contribution in [0.3, 0.4) is 0 Å². The minimum absolute atomic E-state index is 0.363. The molecule has 4 heteroatoms. The van der Waals surface area contributed by atoms with Crippen LogP contribution in [0.25, 0.3) is 0 Å². The second-order valence-electron chi connectivity index (χ2n) is 2.47. The summed E-state index contributed by atoms with van der Waals surface area (Å²) in [4.78, 5) is 10.8. The van der Waals surface area contributed by atoms with Crippen molar-refractivity contribution in [2.75, 3.05) is 0 Å². The van der Waals surface area contributed by atoms with Gasteiger partial charge in [-0.1, -0.05) is 30.4 Å². The third kappa shape index (κ3) is 4.07. The van der Waals surface area contributed by atoms with Crippen LogP contribution in [0.2, 0.25) is 0 Å². The maximum absolute atomic E-state index is 12.0. The normalized spacial score (nSPS) is 14.2. The molecule has 0 fully saturated rings. The third-order valence-electron chi connectivity index (χ3n) is 1.33. The SMILES string of the molecule is C\C=C/C=C(\C=C/C)C(=O)C(F)(F)F. The molecular weight excluding hydrogens is 193 g/mol. The Morgan fingerprint density at radius 3 is 2.07 bits per heavy atom. The molecule has 0 heterocycles. The van der Waals surface area contributed by atoms with Gasteiger partial charge in [-0.05, 0) is 13.8 Å². The summed E-state index contributed by atoms with van der Waals surface area (Å²) in [5.41, 5.74) is -0.363. The molecule has 0 aliphatic rings. The smallest absolute Gasteiger partial charge is 0.284 e. The highest BCUT2D eigenvalue weighted by Crippen LogP contribution is 2.21. The predicted octanol–water partition coefficient (Wildman–Crippen LogP) is 3.20. The Morgan fingerprint density at radius 2 is 1.71 bits per heavy atom. The third-order valence-corrected chi connectivity index (χ3v) is 1.33. The highest BCUT2D eigenvalue weighted by atomic mass is 19.4. The van der Waals surface area contributed by atoms with Gasteiger partial charge in [-0.2, -0.15) is 13.2 Å². The van der Waals surface area contributed by atoms with Gasteiger partial charge < -0.3 is 0 Å². The van der Waals surface area contributed by atoms with E-state index in [1.165, 1.54) is 12.2 Å². The van der Waals surface area contributed by atoms with Crippen LogP contribution < -0.4 is 0 Å². The van der Waals surface area contributed by atoms with Gasteiger partial charge >= 0.3 is 6.18 Å². The quantitative estimate of drug-likeness (QED) is 0.509. The van der Waals surface area contributed by atoms with E-state index in [1.807, 2.05) is 0 Å². The van der Waals surface area contributed by atoms with Gasteiger partial charge in [0.15, 0.2) is 0 Å². The Balaban J connectivity index is 4.94. The van der Waals surface area contributed by atoms with Gasteiger partial charge in [-0.3, -0.25) is 4.79 Å². The van der Waals surface area contributed by atoms with E-state index >= 15 is 0 Å². The molecule has 0 aromatic heterocycles. The second kappa shape index (κ2) is 5.42. The summed E-state index contributed by atoms with van der Waals surface area (Å²) >= 11 is 0. The maximum Gasteiger partial charge on any atom is 0.454 e. The largest absolute Gasteiger partial charge is 0.454 e. The van der Waals surface area contributed by atoms with Crippen molar-refractivity contribution in [3.8, 4) is 0 Å². The predicted molar refractivity (Wildman–Crippen MR) is 48.8 cm³/mol. The molecule has 0 N–H and O–H groups in total. The molecule has 0 radical (unpaired) electrons. The van der Waals surface area contributed by atoms with Crippen molar-refractivity contribution in [3.05, 3.63) is 36.0 Å². The molecule has 0 aliphatic heterocycles. The molecule has 14 heavy (non-hydrogen) atoms. The van der Waals surface area contributed by atoms with Crippen LogP contribution in [0, 0.1) is 0 Å². The lowest BCUT2D eigenvalue weighted by molar-refractivity contribution is -0.166. The number of Topliss-reactive ketones (excluding diaryl/α,β-unsaturated/α-hetero) is 1. The number of halogens is 3. The first-order valence-corrected chi connectivity index (χ1v) is 4.00. The van der Waals surface area contributed by atoms with Gasteiger partial charge in [0.2, 0.25) is 0 Å². The van der Waals surface area contributed by atoms with Crippen LogP contribution in [0.1, 0.15) is 13.8 Å². The molecule has 0 aromatic carbocycles. The lowest BCUT2D eigenvalue weighted by atomic mass is 10.1. The Morgan fingerprint density at radius 1 is 1.14 bits per heavy atom. The summed E-state index contributed by atoms with van der Waals surface area (Å²) in [7, 11) is 0. The van der Waals surface area contributed by atoms with Gasteiger partial charge in [-0.15, -0.1) is 0 Å². The highest BCUT2D eigenvalue weighted by molar-refractivity contribution is 6.02. The number of rotatable bonds is 3. The van der Waals surface area contributed by atoms with Crippen LogP contribution in [0.15, 0.2) is 36.0 Å².